The first-order valence-electron chi connectivity index (χ1n) is 4.12. The molecule has 1 unspecified atom stereocenters. The third-order valence-corrected chi connectivity index (χ3v) is 2.37. The van der Waals surface area contributed by atoms with Gasteiger partial charge in [0.05, 0.1) is 0 Å². The number of nitrogens with zero attached hydrogens (tertiary/aromatic N) is 2. The van der Waals surface area contributed by atoms with Crippen molar-refractivity contribution < 1.29 is 4.79 Å². The van der Waals surface area contributed by atoms with Gasteiger partial charge in [0.15, 0.2) is 0 Å². The van der Waals surface area contributed by atoms with Gasteiger partial charge in [-0.15, -0.1) is 0 Å². The lowest BCUT2D eigenvalue weighted by atomic mass is 10.1. The molecule has 1 aromatic rings. The van der Waals surface area contributed by atoms with Gasteiger partial charge < -0.3 is 5.73 Å². The van der Waals surface area contributed by atoms with Crippen LogP contribution < -0.4 is 5.73 Å². The number of carbonyl (C=O) groups excluding carboxylic acids is 1. The van der Waals surface area contributed by atoms with E-state index in [9.17, 15) is 4.79 Å². The van der Waals surface area contributed by atoms with Crippen molar-refractivity contribution in [2.75, 3.05) is 7.05 Å². The van der Waals surface area contributed by atoms with E-state index in [1.54, 1.807) is 12.4 Å². The number of aromatic nitrogens is 1. The Balaban J connectivity index is 2.46. The molecule has 2 N–H and O–H groups in total. The van der Waals surface area contributed by atoms with Crippen molar-refractivity contribution in [2.24, 2.45) is 5.73 Å². The number of primary amides is 1. The minimum absolute atomic E-state index is 0.280. The largest absolute Gasteiger partial charge is 0.368 e. The van der Waals surface area contributed by atoms with Crippen LogP contribution in [0, 0.1) is 0 Å². The van der Waals surface area contributed by atoms with Crippen LogP contribution in [-0.2, 0) is 11.3 Å². The predicted octanol–water partition coefficient (Wildman–Crippen LogP) is 0.0534. The summed E-state index contributed by atoms with van der Waals surface area (Å²) in [5.41, 5.74) is 7.38. The Kier molecular flexibility index (Phi) is 1.77. The maximum absolute atomic E-state index is 11.1. The highest BCUT2D eigenvalue weighted by atomic mass is 16.1. The van der Waals surface area contributed by atoms with Gasteiger partial charge in [-0.05, 0) is 24.2 Å². The van der Waals surface area contributed by atoms with Crippen LogP contribution in [0.5, 0.6) is 0 Å². The molecule has 1 aliphatic rings. The first-order valence-corrected chi connectivity index (χ1v) is 4.12. The Hall–Kier alpha value is -1.42. The first kappa shape index (κ1) is 8.19. The molecule has 0 aromatic carbocycles. The summed E-state index contributed by atoms with van der Waals surface area (Å²) in [6.45, 7) is 0.747. The number of rotatable bonds is 1. The van der Waals surface area contributed by atoms with Crippen molar-refractivity contribution in [2.45, 2.75) is 12.6 Å². The van der Waals surface area contributed by atoms with Gasteiger partial charge in [-0.3, -0.25) is 14.7 Å². The molecule has 1 aliphatic heterocycles. The summed E-state index contributed by atoms with van der Waals surface area (Å²) in [6.07, 6.45) is 3.47. The molecule has 0 fully saturated rings. The zero-order chi connectivity index (χ0) is 9.42. The molecule has 0 saturated carbocycles. The number of amides is 1. The molecular weight excluding hydrogens is 166 g/mol. The lowest BCUT2D eigenvalue weighted by Gasteiger charge is -2.15. The Bertz CT molecular complexity index is 350. The normalized spacial score (nSPS) is 21.5. The van der Waals surface area contributed by atoms with E-state index < -0.39 is 0 Å². The standard InChI is InChI=1S/C9H11N3O/c1-12-5-6-4-11-3-2-7(6)8(12)9(10)13/h2-4,8H,5H2,1H3,(H2,10,13). The van der Waals surface area contributed by atoms with Crippen LogP contribution in [0.1, 0.15) is 17.2 Å². The Morgan fingerprint density at radius 2 is 2.54 bits per heavy atom. The fourth-order valence-corrected chi connectivity index (χ4v) is 1.80. The first-order chi connectivity index (χ1) is 6.20. The van der Waals surface area contributed by atoms with Gasteiger partial charge in [-0.25, -0.2) is 0 Å². The van der Waals surface area contributed by atoms with Crippen molar-refractivity contribution in [1.82, 2.24) is 9.88 Å². The Morgan fingerprint density at radius 1 is 1.77 bits per heavy atom. The highest BCUT2D eigenvalue weighted by molar-refractivity contribution is 5.82. The lowest BCUT2D eigenvalue weighted by molar-refractivity contribution is -0.122. The summed E-state index contributed by atoms with van der Waals surface area (Å²) >= 11 is 0. The van der Waals surface area contributed by atoms with Gasteiger partial charge >= 0.3 is 0 Å². The summed E-state index contributed by atoms with van der Waals surface area (Å²) in [4.78, 5) is 17.1. The summed E-state index contributed by atoms with van der Waals surface area (Å²) < 4.78 is 0. The molecule has 0 bridgehead atoms. The van der Waals surface area contributed by atoms with E-state index in [1.807, 2.05) is 18.0 Å². The van der Waals surface area contributed by atoms with Crippen LogP contribution in [0.3, 0.4) is 0 Å². The van der Waals surface area contributed by atoms with E-state index in [2.05, 4.69) is 4.98 Å². The molecule has 0 saturated heterocycles. The molecule has 1 aromatic heterocycles. The molecule has 1 atom stereocenters. The van der Waals surface area contributed by atoms with Gasteiger partial charge in [0.25, 0.3) is 0 Å². The van der Waals surface area contributed by atoms with Crippen LogP contribution in [0.4, 0.5) is 0 Å². The predicted molar refractivity (Wildman–Crippen MR) is 47.6 cm³/mol. The Morgan fingerprint density at radius 3 is 3.23 bits per heavy atom. The van der Waals surface area contributed by atoms with Crippen LogP contribution in [0.15, 0.2) is 18.5 Å². The van der Waals surface area contributed by atoms with Crippen molar-refractivity contribution in [3.8, 4) is 0 Å². The number of hydrogen-bond donors (Lipinski definition) is 1. The second kappa shape index (κ2) is 2.81. The average Bonchev–Trinajstić information content (AvgIpc) is 2.39. The number of likely N-dealkylation sites (N-methyl/N-ethyl adjacent to an activating group) is 1. The van der Waals surface area contributed by atoms with E-state index in [1.165, 1.54) is 0 Å². The minimum Gasteiger partial charge on any atom is -0.368 e. The van der Waals surface area contributed by atoms with E-state index in [0.29, 0.717) is 0 Å². The topological polar surface area (TPSA) is 59.2 Å². The van der Waals surface area contributed by atoms with E-state index in [4.69, 9.17) is 5.73 Å². The smallest absolute Gasteiger partial charge is 0.239 e. The van der Waals surface area contributed by atoms with Gasteiger partial charge in [0.2, 0.25) is 5.91 Å². The zero-order valence-corrected chi connectivity index (χ0v) is 7.40. The minimum atomic E-state index is -0.299. The molecule has 4 heteroatoms. The maximum atomic E-state index is 11.1. The molecule has 2 heterocycles. The number of hydrogen-bond acceptors (Lipinski definition) is 3. The van der Waals surface area contributed by atoms with Crippen molar-refractivity contribution in [3.63, 3.8) is 0 Å². The third kappa shape index (κ3) is 1.19. The summed E-state index contributed by atoms with van der Waals surface area (Å²) in [7, 11) is 1.88. The fraction of sp³-hybridized carbons (Fsp3) is 0.333. The van der Waals surface area contributed by atoms with Crippen LogP contribution in [0.2, 0.25) is 0 Å². The number of carbonyl (C=O) groups is 1. The molecule has 0 radical (unpaired) electrons. The summed E-state index contributed by atoms with van der Waals surface area (Å²) in [5.74, 6) is -0.299. The van der Waals surface area contributed by atoms with Crippen molar-refractivity contribution in [1.29, 1.82) is 0 Å². The van der Waals surface area contributed by atoms with Crippen molar-refractivity contribution >= 4 is 5.91 Å². The number of nitrogens with two attached hydrogens (primary N) is 1. The zero-order valence-electron chi connectivity index (χ0n) is 7.40. The molecule has 0 aliphatic carbocycles. The highest BCUT2D eigenvalue weighted by Gasteiger charge is 2.31. The van der Waals surface area contributed by atoms with E-state index in [-0.39, 0.29) is 11.9 Å². The lowest BCUT2D eigenvalue weighted by Crippen LogP contribution is -2.30. The van der Waals surface area contributed by atoms with E-state index >= 15 is 0 Å². The second-order valence-electron chi connectivity index (χ2n) is 3.29. The van der Waals surface area contributed by atoms with Gasteiger partial charge in [-0.2, -0.15) is 0 Å². The molecular formula is C9H11N3O. The van der Waals surface area contributed by atoms with Crippen LogP contribution >= 0.6 is 0 Å². The molecule has 0 spiro atoms. The van der Waals surface area contributed by atoms with Crippen LogP contribution in [-0.4, -0.2) is 22.8 Å². The van der Waals surface area contributed by atoms with Gasteiger partial charge in [-0.1, -0.05) is 0 Å². The van der Waals surface area contributed by atoms with Gasteiger partial charge in [0, 0.05) is 18.9 Å². The molecule has 13 heavy (non-hydrogen) atoms. The highest BCUT2D eigenvalue weighted by Crippen LogP contribution is 2.30. The SMILES string of the molecule is CN1Cc2cnccc2C1C(N)=O. The Labute approximate surface area is 76.4 Å². The van der Waals surface area contributed by atoms with Crippen LogP contribution in [0.25, 0.3) is 0 Å². The fourth-order valence-electron chi connectivity index (χ4n) is 1.80. The van der Waals surface area contributed by atoms with Crippen molar-refractivity contribution in [3.05, 3.63) is 29.6 Å². The summed E-state index contributed by atoms with van der Waals surface area (Å²) in [6, 6.07) is 1.58. The summed E-state index contributed by atoms with van der Waals surface area (Å²) in [5, 5.41) is 0. The monoisotopic (exact) mass is 177 g/mol. The molecule has 68 valence electrons. The van der Waals surface area contributed by atoms with E-state index in [0.717, 1.165) is 17.7 Å². The maximum Gasteiger partial charge on any atom is 0.239 e. The number of fused-ring (bicyclic) bond motifs is 1. The van der Waals surface area contributed by atoms with Gasteiger partial charge in [0.1, 0.15) is 6.04 Å². The third-order valence-electron chi connectivity index (χ3n) is 2.37. The molecule has 1 amide bonds. The quantitative estimate of drug-likeness (QED) is 0.659. The second-order valence-corrected chi connectivity index (χ2v) is 3.29. The number of pyridine rings is 1. The molecule has 2 rings (SSSR count). The molecule has 4 nitrogen and oxygen atoms in total. The average molecular weight is 177 g/mol.